The van der Waals surface area contributed by atoms with Gasteiger partial charge in [-0.25, -0.2) is 0 Å². The Morgan fingerprint density at radius 1 is 1.10 bits per heavy atom. The lowest BCUT2D eigenvalue weighted by Gasteiger charge is -2.35. The van der Waals surface area contributed by atoms with E-state index in [2.05, 4.69) is 18.7 Å². The van der Waals surface area contributed by atoms with Gasteiger partial charge in [-0.3, -0.25) is 4.55 Å². The van der Waals surface area contributed by atoms with Crippen LogP contribution in [-0.4, -0.2) is 43.3 Å². The maximum atomic E-state index is 9.19. The first-order chi connectivity index (χ1) is 9.38. The zero-order valence-electron chi connectivity index (χ0n) is 13.5. The van der Waals surface area contributed by atoms with Crippen LogP contribution in [0, 0.1) is 0 Å². The van der Waals surface area contributed by atoms with Gasteiger partial charge in [-0.2, -0.15) is 8.42 Å². The van der Waals surface area contributed by atoms with E-state index < -0.39 is 10.1 Å². The fraction of sp³-hybridized carbons (Fsp3) is 1.00. The van der Waals surface area contributed by atoms with Gasteiger partial charge in [0.15, 0.2) is 0 Å². The quantitative estimate of drug-likeness (QED) is 0.575. The van der Waals surface area contributed by atoms with Gasteiger partial charge in [-0.05, 0) is 38.8 Å². The summed E-state index contributed by atoms with van der Waals surface area (Å²) in [5, 5.41) is 0. The predicted molar refractivity (Wildman–Crippen MR) is 85.7 cm³/mol. The van der Waals surface area contributed by atoms with E-state index in [9.17, 15) is 8.42 Å². The van der Waals surface area contributed by atoms with Crippen molar-refractivity contribution in [2.75, 3.05) is 19.3 Å². The van der Waals surface area contributed by atoms with Gasteiger partial charge in [0, 0.05) is 6.04 Å². The first-order valence-electron chi connectivity index (χ1n) is 8.05. The van der Waals surface area contributed by atoms with Crippen molar-refractivity contribution in [1.82, 2.24) is 4.90 Å². The molecule has 1 aliphatic rings. The van der Waals surface area contributed by atoms with Crippen molar-refractivity contribution < 1.29 is 13.0 Å². The number of piperidine rings is 1. The van der Waals surface area contributed by atoms with Crippen LogP contribution in [0.5, 0.6) is 0 Å². The molecule has 20 heavy (non-hydrogen) atoms. The van der Waals surface area contributed by atoms with Gasteiger partial charge in [0.05, 0.1) is 6.26 Å². The minimum atomic E-state index is -3.67. The minimum absolute atomic E-state index is 0.715. The number of nitrogens with zero attached hydrogens (tertiary/aromatic N) is 1. The Bertz CT molecular complexity index is 309. The summed E-state index contributed by atoms with van der Waals surface area (Å²) in [4.78, 5) is 2.75. The van der Waals surface area contributed by atoms with Crippen LogP contribution in [-0.2, 0) is 10.1 Å². The second kappa shape index (κ2) is 11.5. The second-order valence-corrected chi connectivity index (χ2v) is 7.21. The van der Waals surface area contributed by atoms with E-state index in [1.54, 1.807) is 0 Å². The summed E-state index contributed by atoms with van der Waals surface area (Å²) in [6, 6.07) is 0.907. The highest BCUT2D eigenvalue weighted by molar-refractivity contribution is 7.85. The topological polar surface area (TPSA) is 57.6 Å². The Morgan fingerprint density at radius 2 is 1.70 bits per heavy atom. The van der Waals surface area contributed by atoms with Crippen LogP contribution in [0.3, 0.4) is 0 Å². The number of hydrogen-bond donors (Lipinski definition) is 1. The molecule has 5 heteroatoms. The molecule has 0 amide bonds. The first-order valence-corrected chi connectivity index (χ1v) is 9.89. The highest BCUT2D eigenvalue weighted by Crippen LogP contribution is 2.20. The summed E-state index contributed by atoms with van der Waals surface area (Å²) in [6.45, 7) is 7.37. The van der Waals surface area contributed by atoms with Gasteiger partial charge >= 0.3 is 0 Å². The van der Waals surface area contributed by atoms with Crippen LogP contribution in [0.15, 0.2) is 0 Å². The molecule has 0 aromatic heterocycles. The third-order valence-electron chi connectivity index (χ3n) is 3.77. The van der Waals surface area contributed by atoms with E-state index in [-0.39, 0.29) is 0 Å². The molecule has 0 spiro atoms. The molecule has 0 bridgehead atoms. The molecule has 1 atom stereocenters. The Balaban J connectivity index is 0.000000621. The Labute approximate surface area is 125 Å². The molecule has 1 unspecified atom stereocenters. The molecule has 0 aromatic carbocycles. The van der Waals surface area contributed by atoms with E-state index in [0.717, 1.165) is 6.04 Å². The monoisotopic (exact) mass is 307 g/mol. The Kier molecular flexibility index (Phi) is 11.4. The molecule has 1 heterocycles. The lowest BCUT2D eigenvalue weighted by molar-refractivity contribution is 0.141. The molecule has 1 saturated heterocycles. The lowest BCUT2D eigenvalue weighted by Crippen LogP contribution is -2.39. The molecule has 4 nitrogen and oxygen atoms in total. The second-order valence-electron chi connectivity index (χ2n) is 5.74. The van der Waals surface area contributed by atoms with E-state index in [1.807, 2.05) is 0 Å². The van der Waals surface area contributed by atoms with Crippen molar-refractivity contribution in [2.24, 2.45) is 0 Å². The van der Waals surface area contributed by atoms with Crippen molar-refractivity contribution in [3.63, 3.8) is 0 Å². The predicted octanol–water partition coefficient (Wildman–Crippen LogP) is 3.73. The highest BCUT2D eigenvalue weighted by Gasteiger charge is 2.19. The molecule has 1 aliphatic heterocycles. The van der Waals surface area contributed by atoms with Crippen molar-refractivity contribution in [3.8, 4) is 0 Å². The summed E-state index contributed by atoms with van der Waals surface area (Å²) in [5.41, 5.74) is 0. The van der Waals surface area contributed by atoms with E-state index in [4.69, 9.17) is 4.55 Å². The minimum Gasteiger partial charge on any atom is -0.300 e. The summed E-state index contributed by atoms with van der Waals surface area (Å²) >= 11 is 0. The van der Waals surface area contributed by atoms with Crippen molar-refractivity contribution in [2.45, 2.75) is 77.7 Å². The van der Waals surface area contributed by atoms with E-state index in [1.165, 1.54) is 70.9 Å². The zero-order valence-corrected chi connectivity index (χ0v) is 14.3. The molecule has 1 fully saturated rings. The molecule has 0 saturated carbocycles. The number of likely N-dealkylation sites (tertiary alicyclic amines) is 1. The molecule has 0 aliphatic carbocycles. The number of hydrogen-bond acceptors (Lipinski definition) is 3. The smallest absolute Gasteiger partial charge is 0.261 e. The maximum Gasteiger partial charge on any atom is 0.261 e. The summed E-state index contributed by atoms with van der Waals surface area (Å²) in [6.07, 6.45) is 13.5. The van der Waals surface area contributed by atoms with Crippen LogP contribution in [0.4, 0.5) is 0 Å². The number of rotatable bonds is 7. The van der Waals surface area contributed by atoms with E-state index >= 15 is 0 Å². The third kappa shape index (κ3) is 12.9. The van der Waals surface area contributed by atoms with E-state index in [0.29, 0.717) is 6.26 Å². The number of unbranched alkanes of at least 4 members (excludes halogenated alkanes) is 4. The fourth-order valence-corrected chi connectivity index (χ4v) is 2.74. The zero-order chi connectivity index (χ0) is 15.4. The lowest BCUT2D eigenvalue weighted by atomic mass is 9.99. The molecule has 0 aromatic rings. The molecule has 1 N–H and O–H groups in total. The van der Waals surface area contributed by atoms with Crippen molar-refractivity contribution in [3.05, 3.63) is 0 Å². The third-order valence-corrected chi connectivity index (χ3v) is 3.77. The Morgan fingerprint density at radius 3 is 2.25 bits per heavy atom. The van der Waals surface area contributed by atoms with Gasteiger partial charge in [0.2, 0.25) is 0 Å². The summed E-state index contributed by atoms with van der Waals surface area (Å²) < 4.78 is 25.9. The van der Waals surface area contributed by atoms with Gasteiger partial charge in [-0.1, -0.05) is 46.0 Å². The molecular formula is C15H33NO3S. The van der Waals surface area contributed by atoms with Gasteiger partial charge in [0.25, 0.3) is 10.1 Å². The average molecular weight is 308 g/mol. The molecule has 1 rings (SSSR count). The SMILES string of the molecule is CCCCCCCN1CCCCC1CC.CS(=O)(=O)O. The van der Waals surface area contributed by atoms with Crippen molar-refractivity contribution in [1.29, 1.82) is 0 Å². The standard InChI is InChI=1S/C14H29N.CH4O3S/c1-3-5-6-7-9-12-15-13-10-8-11-14(15)4-2;1-5(2,3)4/h14H,3-13H2,1-2H3;1H3,(H,2,3,4). The average Bonchev–Trinajstić information content (AvgIpc) is 2.37. The maximum absolute atomic E-state index is 9.19. The molecule has 0 radical (unpaired) electrons. The van der Waals surface area contributed by atoms with Gasteiger partial charge in [-0.15, -0.1) is 0 Å². The van der Waals surface area contributed by atoms with Crippen LogP contribution in [0.25, 0.3) is 0 Å². The molecular weight excluding hydrogens is 274 g/mol. The summed E-state index contributed by atoms with van der Waals surface area (Å²) in [5.74, 6) is 0. The fourth-order valence-electron chi connectivity index (χ4n) is 2.74. The summed E-state index contributed by atoms with van der Waals surface area (Å²) in [7, 11) is -3.67. The van der Waals surface area contributed by atoms with Gasteiger partial charge in [0.1, 0.15) is 0 Å². The highest BCUT2D eigenvalue weighted by atomic mass is 32.2. The van der Waals surface area contributed by atoms with Crippen LogP contribution < -0.4 is 0 Å². The van der Waals surface area contributed by atoms with Crippen LogP contribution >= 0.6 is 0 Å². The largest absolute Gasteiger partial charge is 0.300 e. The molecule has 122 valence electrons. The van der Waals surface area contributed by atoms with Crippen LogP contribution in [0.1, 0.15) is 71.6 Å². The normalized spacial score (nSPS) is 20.3. The van der Waals surface area contributed by atoms with Crippen LogP contribution in [0.2, 0.25) is 0 Å². The van der Waals surface area contributed by atoms with Crippen molar-refractivity contribution >= 4 is 10.1 Å². The first kappa shape index (κ1) is 19.9. The van der Waals surface area contributed by atoms with Gasteiger partial charge < -0.3 is 4.90 Å². The Hall–Kier alpha value is -0.130.